The molecule has 1 unspecified atom stereocenters. The number of nitrogens with zero attached hydrogens (tertiary/aromatic N) is 2. The van der Waals surface area contributed by atoms with Gasteiger partial charge in [0.05, 0.1) is 10.7 Å². The Morgan fingerprint density at radius 2 is 2.07 bits per heavy atom. The van der Waals surface area contributed by atoms with E-state index in [-0.39, 0.29) is 5.76 Å². The van der Waals surface area contributed by atoms with E-state index >= 15 is 0 Å². The second-order valence-electron chi connectivity index (χ2n) is 6.88. The minimum atomic E-state index is -0.397. The first-order valence-corrected chi connectivity index (χ1v) is 10.9. The van der Waals surface area contributed by atoms with Gasteiger partial charge in [-0.2, -0.15) is 5.10 Å². The molecule has 1 N–H and O–H groups in total. The van der Waals surface area contributed by atoms with Crippen LogP contribution in [0.15, 0.2) is 67.1 Å². The van der Waals surface area contributed by atoms with Crippen LogP contribution < -0.4 is 5.43 Å². The fourth-order valence-electron chi connectivity index (χ4n) is 3.30. The molecule has 0 radical (unpaired) electrons. The van der Waals surface area contributed by atoms with Gasteiger partial charge in [0.25, 0.3) is 0 Å². The summed E-state index contributed by atoms with van der Waals surface area (Å²) in [5.41, 5.74) is 5.30. The number of hydrogen-bond donors (Lipinski definition) is 1. The lowest BCUT2D eigenvalue weighted by Crippen LogP contribution is -2.16. The van der Waals surface area contributed by atoms with Gasteiger partial charge >= 0.3 is 5.91 Å². The fraction of sp³-hybridized carbons (Fsp3) is 0.182. The summed E-state index contributed by atoms with van der Waals surface area (Å²) >= 11 is 6.89. The number of carbonyl (C=O) groups excluding carboxylic acids is 1. The van der Waals surface area contributed by atoms with Gasteiger partial charge in [0.15, 0.2) is 5.76 Å². The van der Waals surface area contributed by atoms with E-state index in [0.717, 1.165) is 37.2 Å². The van der Waals surface area contributed by atoms with E-state index in [1.807, 2.05) is 24.3 Å². The lowest BCUT2D eigenvalue weighted by atomic mass is 10.2. The van der Waals surface area contributed by atoms with Crippen molar-refractivity contribution in [3.05, 3.63) is 68.9 Å². The minimum Gasteiger partial charge on any atom is -0.450 e. The van der Waals surface area contributed by atoms with Gasteiger partial charge in [-0.1, -0.05) is 41.1 Å². The molecule has 0 saturated carbocycles. The van der Waals surface area contributed by atoms with Crippen molar-refractivity contribution in [1.82, 2.24) is 9.99 Å². The first kappa shape index (κ1) is 19.9. The number of rotatable bonds is 5. The van der Waals surface area contributed by atoms with Crippen molar-refractivity contribution in [2.24, 2.45) is 5.10 Å². The van der Waals surface area contributed by atoms with Gasteiger partial charge in [-0.05, 0) is 53.5 Å². The minimum absolute atomic E-state index is 0.206. The molecule has 1 amide bonds. The van der Waals surface area contributed by atoms with Crippen LogP contribution in [0.25, 0.3) is 21.9 Å². The number of furan rings is 1. The summed E-state index contributed by atoms with van der Waals surface area (Å²) in [6.45, 7) is 4.35. The van der Waals surface area contributed by atoms with Crippen LogP contribution in [0.2, 0.25) is 0 Å². The number of hydrazone groups is 1. The standard InChI is InChI=1S/C22H19Br2N3O2/c1-3-13(2)27-12-15(17-6-4-5-7-19(17)27)11-25-26-22(28)20-9-14-8-16(23)10-18(24)21(14)29-20/h4-13H,3H2,1-2H3,(H,26,28)/b25-11-. The Kier molecular flexibility index (Phi) is 5.61. The van der Waals surface area contributed by atoms with Crippen molar-refractivity contribution >= 4 is 65.9 Å². The van der Waals surface area contributed by atoms with Crippen LogP contribution in [0.4, 0.5) is 0 Å². The van der Waals surface area contributed by atoms with E-state index in [1.165, 1.54) is 0 Å². The van der Waals surface area contributed by atoms with Crippen LogP contribution >= 0.6 is 31.9 Å². The Balaban J connectivity index is 1.58. The highest BCUT2D eigenvalue weighted by Crippen LogP contribution is 2.31. The highest BCUT2D eigenvalue weighted by molar-refractivity contribution is 9.11. The number of fused-ring (bicyclic) bond motifs is 2. The third kappa shape index (κ3) is 3.89. The summed E-state index contributed by atoms with van der Waals surface area (Å²) in [6.07, 6.45) is 4.78. The molecule has 1 atom stereocenters. The lowest BCUT2D eigenvalue weighted by Gasteiger charge is -2.12. The average Bonchev–Trinajstić information content (AvgIpc) is 3.30. The molecule has 4 rings (SSSR count). The van der Waals surface area contributed by atoms with E-state index in [1.54, 1.807) is 12.3 Å². The molecular formula is C22H19Br2N3O2. The normalized spacial score (nSPS) is 12.8. The summed E-state index contributed by atoms with van der Waals surface area (Å²) in [5, 5.41) is 6.09. The molecule has 0 aliphatic rings. The van der Waals surface area contributed by atoms with Crippen LogP contribution in [0, 0.1) is 0 Å². The molecule has 0 saturated heterocycles. The fourth-order valence-corrected chi connectivity index (χ4v) is 4.64. The van der Waals surface area contributed by atoms with Gasteiger partial charge in [0.2, 0.25) is 0 Å². The van der Waals surface area contributed by atoms with Gasteiger partial charge in [-0.3, -0.25) is 4.79 Å². The third-order valence-electron chi connectivity index (χ3n) is 4.97. The predicted octanol–water partition coefficient (Wildman–Crippen LogP) is 6.65. The number of carbonyl (C=O) groups is 1. The SMILES string of the molecule is CCC(C)n1cc(/C=N\NC(=O)c2cc3cc(Br)cc(Br)c3o2)c2ccccc21. The molecule has 5 nitrogen and oxygen atoms in total. The quantitative estimate of drug-likeness (QED) is 0.238. The van der Waals surface area contributed by atoms with Crippen molar-refractivity contribution in [3.8, 4) is 0 Å². The van der Waals surface area contributed by atoms with Crippen LogP contribution in [-0.2, 0) is 0 Å². The maximum Gasteiger partial charge on any atom is 0.307 e. The van der Waals surface area contributed by atoms with Crippen molar-refractivity contribution in [3.63, 3.8) is 0 Å². The Morgan fingerprint density at radius 3 is 2.86 bits per heavy atom. The van der Waals surface area contributed by atoms with Crippen molar-refractivity contribution in [1.29, 1.82) is 0 Å². The Hall–Kier alpha value is -2.38. The van der Waals surface area contributed by atoms with Gasteiger partial charge in [-0.25, -0.2) is 5.43 Å². The van der Waals surface area contributed by atoms with Gasteiger partial charge < -0.3 is 8.98 Å². The molecule has 0 aliphatic carbocycles. The van der Waals surface area contributed by atoms with Gasteiger partial charge in [-0.15, -0.1) is 0 Å². The maximum absolute atomic E-state index is 12.5. The molecule has 29 heavy (non-hydrogen) atoms. The maximum atomic E-state index is 12.5. The molecule has 0 aliphatic heterocycles. The molecule has 2 heterocycles. The summed E-state index contributed by atoms with van der Waals surface area (Å²) in [7, 11) is 0. The monoisotopic (exact) mass is 515 g/mol. The highest BCUT2D eigenvalue weighted by atomic mass is 79.9. The zero-order valence-electron chi connectivity index (χ0n) is 15.9. The summed E-state index contributed by atoms with van der Waals surface area (Å²) in [6, 6.07) is 14.0. The summed E-state index contributed by atoms with van der Waals surface area (Å²) in [4.78, 5) is 12.5. The largest absolute Gasteiger partial charge is 0.450 e. The first-order valence-electron chi connectivity index (χ1n) is 9.29. The predicted molar refractivity (Wildman–Crippen MR) is 124 cm³/mol. The molecule has 0 bridgehead atoms. The molecule has 0 spiro atoms. The third-order valence-corrected chi connectivity index (χ3v) is 6.01. The summed E-state index contributed by atoms with van der Waals surface area (Å²) in [5.74, 6) is -0.191. The van der Waals surface area contributed by atoms with E-state index in [2.05, 4.69) is 79.1 Å². The number of aromatic nitrogens is 1. The average molecular weight is 517 g/mol. The highest BCUT2D eigenvalue weighted by Gasteiger charge is 2.15. The van der Waals surface area contributed by atoms with E-state index in [9.17, 15) is 4.79 Å². The first-order chi connectivity index (χ1) is 14.0. The van der Waals surface area contributed by atoms with Crippen molar-refractivity contribution in [2.75, 3.05) is 0 Å². The van der Waals surface area contributed by atoms with Crippen molar-refractivity contribution in [2.45, 2.75) is 26.3 Å². The smallest absolute Gasteiger partial charge is 0.307 e. The number of amides is 1. The molecule has 4 aromatic rings. The molecule has 148 valence electrons. The Labute approximate surface area is 185 Å². The number of hydrogen-bond acceptors (Lipinski definition) is 3. The van der Waals surface area contributed by atoms with Crippen molar-refractivity contribution < 1.29 is 9.21 Å². The molecule has 0 fully saturated rings. The Bertz CT molecular complexity index is 1240. The molecule has 7 heteroatoms. The zero-order chi connectivity index (χ0) is 20.5. The molecular weight excluding hydrogens is 498 g/mol. The van der Waals surface area contributed by atoms with Crippen LogP contribution in [0.1, 0.15) is 42.4 Å². The van der Waals surface area contributed by atoms with E-state index < -0.39 is 5.91 Å². The number of para-hydroxylation sites is 1. The van der Waals surface area contributed by atoms with Crippen LogP contribution in [0.5, 0.6) is 0 Å². The number of benzene rings is 2. The lowest BCUT2D eigenvalue weighted by molar-refractivity contribution is 0.0929. The zero-order valence-corrected chi connectivity index (χ0v) is 19.1. The molecule has 2 aromatic heterocycles. The Morgan fingerprint density at radius 1 is 1.28 bits per heavy atom. The van der Waals surface area contributed by atoms with Gasteiger partial charge in [0, 0.05) is 38.6 Å². The second kappa shape index (κ2) is 8.16. The van der Waals surface area contributed by atoms with E-state index in [4.69, 9.17) is 4.42 Å². The number of nitrogens with one attached hydrogen (secondary N) is 1. The van der Waals surface area contributed by atoms with Crippen LogP contribution in [-0.4, -0.2) is 16.7 Å². The summed E-state index contributed by atoms with van der Waals surface area (Å²) < 4.78 is 9.61. The van der Waals surface area contributed by atoms with Crippen LogP contribution in [0.3, 0.4) is 0 Å². The topological polar surface area (TPSA) is 59.5 Å². The molecule has 2 aromatic carbocycles. The second-order valence-corrected chi connectivity index (χ2v) is 8.65. The number of halogens is 2. The van der Waals surface area contributed by atoms with E-state index in [0.29, 0.717) is 11.6 Å². The van der Waals surface area contributed by atoms with Gasteiger partial charge in [0.1, 0.15) is 5.58 Å².